The standard InChI is InChI=1S/C9H10N2O5/c10-7(4-12)5-1-2-6(9(13)14)8(3-5)11(15)16/h1-3,7,12H,4,10H2,(H,13,14)/t7-/m1/s1. The highest BCUT2D eigenvalue weighted by atomic mass is 16.6. The van der Waals surface area contributed by atoms with Gasteiger partial charge in [-0.25, -0.2) is 4.79 Å². The zero-order chi connectivity index (χ0) is 12.3. The third kappa shape index (κ3) is 2.33. The van der Waals surface area contributed by atoms with Crippen LogP contribution >= 0.6 is 0 Å². The maximum Gasteiger partial charge on any atom is 0.342 e. The van der Waals surface area contributed by atoms with Gasteiger partial charge < -0.3 is 15.9 Å². The number of nitrogens with zero attached hydrogens (tertiary/aromatic N) is 1. The Morgan fingerprint density at radius 3 is 2.62 bits per heavy atom. The Bertz CT molecular complexity index is 432. The summed E-state index contributed by atoms with van der Waals surface area (Å²) in [5, 5.41) is 28.1. The summed E-state index contributed by atoms with van der Waals surface area (Å²) in [6.45, 7) is -0.371. The highest BCUT2D eigenvalue weighted by Gasteiger charge is 2.21. The summed E-state index contributed by atoms with van der Waals surface area (Å²) in [6.07, 6.45) is 0. The van der Waals surface area contributed by atoms with Gasteiger partial charge in [-0.3, -0.25) is 10.1 Å². The van der Waals surface area contributed by atoms with Crippen LogP contribution in [0.15, 0.2) is 18.2 Å². The van der Waals surface area contributed by atoms with Gasteiger partial charge in [0.25, 0.3) is 5.69 Å². The molecule has 0 aliphatic heterocycles. The van der Waals surface area contributed by atoms with Crippen molar-refractivity contribution in [1.29, 1.82) is 0 Å². The molecular weight excluding hydrogens is 216 g/mol. The first-order valence-corrected chi connectivity index (χ1v) is 4.35. The van der Waals surface area contributed by atoms with Crippen LogP contribution in [0.2, 0.25) is 0 Å². The van der Waals surface area contributed by atoms with Crippen molar-refractivity contribution in [2.24, 2.45) is 5.73 Å². The van der Waals surface area contributed by atoms with Gasteiger partial charge in [-0.15, -0.1) is 0 Å². The van der Waals surface area contributed by atoms with Crippen LogP contribution in [-0.2, 0) is 0 Å². The van der Waals surface area contributed by atoms with Gasteiger partial charge in [0.15, 0.2) is 0 Å². The van der Waals surface area contributed by atoms with Gasteiger partial charge in [0.1, 0.15) is 5.56 Å². The fraction of sp³-hybridized carbons (Fsp3) is 0.222. The molecule has 4 N–H and O–H groups in total. The first-order chi connectivity index (χ1) is 7.47. The predicted octanol–water partition coefficient (Wildman–Crippen LogP) is 0.285. The second kappa shape index (κ2) is 4.69. The number of carboxylic acid groups (broad SMARTS) is 1. The molecule has 1 rings (SSSR count). The Kier molecular flexibility index (Phi) is 3.54. The van der Waals surface area contributed by atoms with E-state index in [9.17, 15) is 14.9 Å². The van der Waals surface area contributed by atoms with Crippen molar-refractivity contribution in [3.63, 3.8) is 0 Å². The predicted molar refractivity (Wildman–Crippen MR) is 54.1 cm³/mol. The number of nitrogens with two attached hydrogens (primary N) is 1. The number of rotatable bonds is 4. The number of carbonyl (C=O) groups is 1. The van der Waals surface area contributed by atoms with Crippen molar-refractivity contribution < 1.29 is 19.9 Å². The van der Waals surface area contributed by atoms with Crippen molar-refractivity contribution in [3.05, 3.63) is 39.4 Å². The average Bonchev–Trinajstić information content (AvgIpc) is 2.26. The summed E-state index contributed by atoms with van der Waals surface area (Å²) in [5.74, 6) is -1.38. The van der Waals surface area contributed by atoms with Crippen molar-refractivity contribution in [2.45, 2.75) is 6.04 Å². The lowest BCUT2D eigenvalue weighted by Crippen LogP contribution is -2.15. The van der Waals surface area contributed by atoms with Crippen LogP contribution in [0.25, 0.3) is 0 Å². The molecule has 0 fully saturated rings. The van der Waals surface area contributed by atoms with E-state index in [0.717, 1.165) is 12.1 Å². The van der Waals surface area contributed by atoms with Gasteiger partial charge in [0, 0.05) is 6.07 Å². The monoisotopic (exact) mass is 226 g/mol. The molecule has 1 atom stereocenters. The Balaban J connectivity index is 3.28. The van der Waals surface area contributed by atoms with Crippen LogP contribution in [0.1, 0.15) is 22.0 Å². The van der Waals surface area contributed by atoms with Crippen LogP contribution in [0, 0.1) is 10.1 Å². The number of hydrogen-bond donors (Lipinski definition) is 3. The number of nitro benzene ring substituents is 1. The van der Waals surface area contributed by atoms with Crippen LogP contribution in [-0.4, -0.2) is 27.7 Å². The number of nitro groups is 1. The Morgan fingerprint density at radius 1 is 1.56 bits per heavy atom. The normalized spacial score (nSPS) is 12.1. The van der Waals surface area contributed by atoms with Crippen molar-refractivity contribution in [3.8, 4) is 0 Å². The lowest BCUT2D eigenvalue weighted by Gasteiger charge is -2.08. The molecule has 0 saturated heterocycles. The van der Waals surface area contributed by atoms with Crippen LogP contribution in [0.5, 0.6) is 0 Å². The van der Waals surface area contributed by atoms with E-state index in [0.29, 0.717) is 5.56 Å². The molecule has 1 aromatic rings. The molecule has 0 saturated carbocycles. The highest BCUT2D eigenvalue weighted by Crippen LogP contribution is 2.23. The first-order valence-electron chi connectivity index (χ1n) is 4.35. The Hall–Kier alpha value is -1.99. The van der Waals surface area contributed by atoms with E-state index in [4.69, 9.17) is 15.9 Å². The molecule has 16 heavy (non-hydrogen) atoms. The van der Waals surface area contributed by atoms with Crippen molar-refractivity contribution in [1.82, 2.24) is 0 Å². The maximum absolute atomic E-state index is 10.7. The Labute approximate surface area is 90.3 Å². The minimum Gasteiger partial charge on any atom is -0.477 e. The molecule has 0 aliphatic rings. The second-order valence-electron chi connectivity index (χ2n) is 3.13. The van der Waals surface area contributed by atoms with Crippen LogP contribution in [0.4, 0.5) is 5.69 Å². The molecule has 0 spiro atoms. The minimum atomic E-state index is -1.38. The fourth-order valence-corrected chi connectivity index (χ4v) is 1.22. The van der Waals surface area contributed by atoms with Crippen molar-refractivity contribution in [2.75, 3.05) is 6.61 Å². The van der Waals surface area contributed by atoms with E-state index in [1.807, 2.05) is 0 Å². The molecule has 0 aromatic heterocycles. The molecular formula is C9H10N2O5. The van der Waals surface area contributed by atoms with Gasteiger partial charge in [0.05, 0.1) is 17.6 Å². The minimum absolute atomic E-state index is 0.319. The summed E-state index contributed by atoms with van der Waals surface area (Å²) in [7, 11) is 0. The third-order valence-electron chi connectivity index (χ3n) is 2.07. The Morgan fingerprint density at radius 2 is 2.19 bits per heavy atom. The second-order valence-corrected chi connectivity index (χ2v) is 3.13. The molecule has 0 heterocycles. The van der Waals surface area contributed by atoms with Gasteiger partial charge >= 0.3 is 5.97 Å². The first kappa shape index (κ1) is 12.1. The van der Waals surface area contributed by atoms with Crippen LogP contribution < -0.4 is 5.73 Å². The average molecular weight is 226 g/mol. The van der Waals surface area contributed by atoms with Crippen molar-refractivity contribution >= 4 is 11.7 Å². The molecule has 1 aromatic carbocycles. The number of hydrogen-bond acceptors (Lipinski definition) is 5. The third-order valence-corrected chi connectivity index (χ3v) is 2.07. The van der Waals surface area contributed by atoms with E-state index in [1.54, 1.807) is 0 Å². The molecule has 0 unspecified atom stereocenters. The lowest BCUT2D eigenvalue weighted by atomic mass is 10.0. The number of aliphatic hydroxyl groups excluding tert-OH is 1. The number of benzene rings is 1. The summed E-state index contributed by atoms with van der Waals surface area (Å²) < 4.78 is 0. The number of carboxylic acids is 1. The van der Waals surface area contributed by atoms with Gasteiger partial charge in [-0.1, -0.05) is 6.07 Å². The van der Waals surface area contributed by atoms with Gasteiger partial charge in [0.2, 0.25) is 0 Å². The number of aliphatic hydroxyl groups is 1. The van der Waals surface area contributed by atoms with E-state index in [-0.39, 0.29) is 6.61 Å². The summed E-state index contributed by atoms with van der Waals surface area (Å²) in [6, 6.07) is 2.74. The van der Waals surface area contributed by atoms with Gasteiger partial charge in [-0.2, -0.15) is 0 Å². The molecule has 7 heteroatoms. The summed E-state index contributed by atoms with van der Waals surface area (Å²) in [4.78, 5) is 20.5. The summed E-state index contributed by atoms with van der Waals surface area (Å²) in [5.41, 5.74) is 4.85. The number of aromatic carboxylic acids is 1. The zero-order valence-corrected chi connectivity index (χ0v) is 8.16. The van der Waals surface area contributed by atoms with E-state index >= 15 is 0 Å². The maximum atomic E-state index is 10.7. The molecule has 0 bridgehead atoms. The van der Waals surface area contributed by atoms with E-state index in [1.165, 1.54) is 6.07 Å². The SMILES string of the molecule is N[C@H](CO)c1ccc(C(=O)O)c([N+](=O)[O-])c1. The summed E-state index contributed by atoms with van der Waals surface area (Å²) >= 11 is 0. The van der Waals surface area contributed by atoms with Crippen LogP contribution in [0.3, 0.4) is 0 Å². The highest BCUT2D eigenvalue weighted by molar-refractivity contribution is 5.92. The molecule has 0 radical (unpaired) electrons. The van der Waals surface area contributed by atoms with Gasteiger partial charge in [-0.05, 0) is 11.6 Å². The topological polar surface area (TPSA) is 127 Å². The van der Waals surface area contributed by atoms with E-state index in [2.05, 4.69) is 0 Å². The fourth-order valence-electron chi connectivity index (χ4n) is 1.22. The quantitative estimate of drug-likeness (QED) is 0.500. The molecule has 86 valence electrons. The molecule has 0 aliphatic carbocycles. The molecule has 0 amide bonds. The largest absolute Gasteiger partial charge is 0.477 e. The smallest absolute Gasteiger partial charge is 0.342 e. The zero-order valence-electron chi connectivity index (χ0n) is 8.16. The molecule has 7 nitrogen and oxygen atoms in total. The van der Waals surface area contributed by atoms with E-state index < -0.39 is 28.2 Å². The lowest BCUT2D eigenvalue weighted by molar-refractivity contribution is -0.385.